The maximum absolute atomic E-state index is 12.3. The molecule has 2 aromatic carbocycles. The topological polar surface area (TPSA) is 83.1 Å². The Morgan fingerprint density at radius 2 is 1.81 bits per heavy atom. The molecule has 8 nitrogen and oxygen atoms in total. The molecule has 1 atom stereocenters. The molecule has 1 fully saturated rings. The van der Waals surface area contributed by atoms with Crippen LogP contribution in [-0.4, -0.2) is 61.3 Å². The molecule has 1 saturated heterocycles. The van der Waals surface area contributed by atoms with Crippen molar-refractivity contribution in [3.05, 3.63) is 53.1 Å². The van der Waals surface area contributed by atoms with Crippen molar-refractivity contribution in [3.8, 4) is 11.5 Å². The van der Waals surface area contributed by atoms with Gasteiger partial charge in [-0.2, -0.15) is 0 Å². The fourth-order valence-corrected chi connectivity index (χ4v) is 4.12. The number of nitrogens with zero attached hydrogens (tertiary/aromatic N) is 2. The van der Waals surface area contributed by atoms with Gasteiger partial charge < -0.3 is 14.8 Å². The smallest absolute Gasteiger partial charge is 0.325 e. The van der Waals surface area contributed by atoms with E-state index in [1.165, 1.54) is 0 Å². The Kier molecular flexibility index (Phi) is 6.60. The van der Waals surface area contributed by atoms with Crippen molar-refractivity contribution in [2.75, 3.05) is 44.8 Å². The van der Waals surface area contributed by atoms with Gasteiger partial charge in [-0.3, -0.25) is 19.9 Å². The van der Waals surface area contributed by atoms with Crippen LogP contribution >= 0.6 is 11.6 Å². The SMILES string of the molecule is CC(c1ccccc1Cl)N1CCN(CC(=O)NC(=O)Nc2ccc3c(c2)OCO3)CC1. The largest absolute Gasteiger partial charge is 0.454 e. The van der Waals surface area contributed by atoms with Gasteiger partial charge in [0.25, 0.3) is 0 Å². The quantitative estimate of drug-likeness (QED) is 0.737. The molecule has 2 N–H and O–H groups in total. The predicted octanol–water partition coefficient (Wildman–Crippen LogP) is 3.10. The second-order valence-electron chi connectivity index (χ2n) is 7.58. The minimum Gasteiger partial charge on any atom is -0.454 e. The van der Waals surface area contributed by atoms with E-state index in [1.54, 1.807) is 18.2 Å². The standard InChI is InChI=1S/C22H25ClN4O4/c1-15(17-4-2-3-5-18(17)23)27-10-8-26(9-11-27)13-21(28)25-22(29)24-16-6-7-19-20(12-16)31-14-30-19/h2-7,12,15H,8-11,13-14H2,1H3,(H2,24,25,28,29). The van der Waals surface area contributed by atoms with E-state index in [-0.39, 0.29) is 25.3 Å². The highest BCUT2D eigenvalue weighted by molar-refractivity contribution is 6.31. The Morgan fingerprint density at radius 1 is 1.06 bits per heavy atom. The zero-order valence-corrected chi connectivity index (χ0v) is 18.0. The van der Waals surface area contributed by atoms with Crippen molar-refractivity contribution in [2.45, 2.75) is 13.0 Å². The van der Waals surface area contributed by atoms with Gasteiger partial charge in [-0.1, -0.05) is 29.8 Å². The summed E-state index contributed by atoms with van der Waals surface area (Å²) in [7, 11) is 0. The van der Waals surface area contributed by atoms with Crippen molar-refractivity contribution in [1.82, 2.24) is 15.1 Å². The zero-order valence-electron chi connectivity index (χ0n) is 17.3. The van der Waals surface area contributed by atoms with Crippen LogP contribution in [0.5, 0.6) is 11.5 Å². The van der Waals surface area contributed by atoms with Gasteiger partial charge in [0, 0.05) is 49.0 Å². The molecule has 2 aliphatic rings. The van der Waals surface area contributed by atoms with Crippen LogP contribution in [0.4, 0.5) is 10.5 Å². The highest BCUT2D eigenvalue weighted by Gasteiger charge is 2.24. The van der Waals surface area contributed by atoms with Crippen molar-refractivity contribution >= 4 is 29.2 Å². The van der Waals surface area contributed by atoms with Crippen LogP contribution in [0, 0.1) is 0 Å². The second kappa shape index (κ2) is 9.55. The number of nitrogens with one attached hydrogen (secondary N) is 2. The third-order valence-corrected chi connectivity index (χ3v) is 5.90. The van der Waals surface area contributed by atoms with Crippen molar-refractivity contribution in [1.29, 1.82) is 0 Å². The first-order valence-electron chi connectivity index (χ1n) is 10.2. The average Bonchev–Trinajstić information content (AvgIpc) is 3.22. The minimum absolute atomic E-state index is 0.161. The van der Waals surface area contributed by atoms with E-state index in [0.29, 0.717) is 17.2 Å². The van der Waals surface area contributed by atoms with Gasteiger partial charge in [0.05, 0.1) is 6.54 Å². The summed E-state index contributed by atoms with van der Waals surface area (Å²) < 4.78 is 10.5. The molecule has 0 radical (unpaired) electrons. The summed E-state index contributed by atoms with van der Waals surface area (Å²) in [6, 6.07) is 12.6. The lowest BCUT2D eigenvalue weighted by atomic mass is 10.1. The number of ether oxygens (including phenoxy) is 2. The van der Waals surface area contributed by atoms with Crippen LogP contribution < -0.4 is 20.1 Å². The van der Waals surface area contributed by atoms with Crippen LogP contribution in [0.1, 0.15) is 18.5 Å². The van der Waals surface area contributed by atoms with Crippen LogP contribution in [0.15, 0.2) is 42.5 Å². The van der Waals surface area contributed by atoms with Crippen molar-refractivity contribution in [2.24, 2.45) is 0 Å². The van der Waals surface area contributed by atoms with E-state index in [0.717, 1.165) is 36.8 Å². The van der Waals surface area contributed by atoms with Gasteiger partial charge in [-0.15, -0.1) is 0 Å². The molecule has 0 aromatic heterocycles. The molecular weight excluding hydrogens is 420 g/mol. The Labute approximate surface area is 186 Å². The number of piperazine rings is 1. The number of fused-ring (bicyclic) bond motifs is 1. The van der Waals surface area contributed by atoms with E-state index in [9.17, 15) is 9.59 Å². The Hall–Kier alpha value is -2.81. The summed E-state index contributed by atoms with van der Waals surface area (Å²) in [6.07, 6.45) is 0. The van der Waals surface area contributed by atoms with Gasteiger partial charge >= 0.3 is 6.03 Å². The maximum Gasteiger partial charge on any atom is 0.325 e. The fraction of sp³-hybridized carbons (Fsp3) is 0.364. The van der Waals surface area contributed by atoms with E-state index >= 15 is 0 Å². The lowest BCUT2D eigenvalue weighted by Crippen LogP contribution is -2.50. The van der Waals surface area contributed by atoms with Crippen LogP contribution in [-0.2, 0) is 4.79 Å². The Bertz CT molecular complexity index is 962. The zero-order chi connectivity index (χ0) is 21.8. The Balaban J connectivity index is 1.22. The monoisotopic (exact) mass is 444 g/mol. The van der Waals surface area contributed by atoms with Gasteiger partial charge in [0.2, 0.25) is 12.7 Å². The molecular formula is C22H25ClN4O4. The lowest BCUT2D eigenvalue weighted by Gasteiger charge is -2.38. The molecule has 2 heterocycles. The number of hydrogen-bond donors (Lipinski definition) is 2. The van der Waals surface area contributed by atoms with E-state index in [1.807, 2.05) is 29.2 Å². The lowest BCUT2D eigenvalue weighted by molar-refractivity contribution is -0.121. The molecule has 4 rings (SSSR count). The number of carbonyl (C=O) groups is 2. The third kappa shape index (κ3) is 5.28. The van der Waals surface area contributed by atoms with Crippen molar-refractivity contribution < 1.29 is 19.1 Å². The molecule has 31 heavy (non-hydrogen) atoms. The molecule has 0 bridgehead atoms. The third-order valence-electron chi connectivity index (χ3n) is 5.56. The number of carbonyl (C=O) groups excluding carboxylic acids is 2. The summed E-state index contributed by atoms with van der Waals surface area (Å²) in [6.45, 7) is 5.60. The first-order valence-corrected chi connectivity index (χ1v) is 10.6. The van der Waals surface area contributed by atoms with Crippen LogP contribution in [0.2, 0.25) is 5.02 Å². The number of halogens is 1. The van der Waals surface area contributed by atoms with Crippen molar-refractivity contribution in [3.63, 3.8) is 0 Å². The molecule has 3 amide bonds. The number of anilines is 1. The summed E-state index contributed by atoms with van der Waals surface area (Å²) >= 11 is 6.33. The maximum atomic E-state index is 12.3. The minimum atomic E-state index is -0.574. The average molecular weight is 445 g/mol. The van der Waals surface area contributed by atoms with E-state index < -0.39 is 6.03 Å². The molecule has 2 aromatic rings. The summed E-state index contributed by atoms with van der Waals surface area (Å²) in [5, 5.41) is 5.79. The van der Waals surface area contributed by atoms with Crippen LogP contribution in [0.3, 0.4) is 0 Å². The number of imide groups is 1. The number of amides is 3. The first kappa shape index (κ1) is 21.4. The Morgan fingerprint density at radius 3 is 2.58 bits per heavy atom. The van der Waals surface area contributed by atoms with Gasteiger partial charge in [0.1, 0.15) is 0 Å². The highest BCUT2D eigenvalue weighted by atomic mass is 35.5. The summed E-state index contributed by atoms with van der Waals surface area (Å²) in [5.74, 6) is 0.851. The van der Waals surface area contributed by atoms with Gasteiger partial charge in [-0.05, 0) is 30.7 Å². The molecule has 9 heteroatoms. The molecule has 164 valence electrons. The number of benzene rings is 2. The molecule has 2 aliphatic heterocycles. The number of urea groups is 1. The second-order valence-corrected chi connectivity index (χ2v) is 7.99. The molecule has 0 aliphatic carbocycles. The normalized spacial score (nSPS) is 17.2. The van der Waals surface area contributed by atoms with Gasteiger partial charge in [-0.25, -0.2) is 4.79 Å². The van der Waals surface area contributed by atoms with Crippen LogP contribution in [0.25, 0.3) is 0 Å². The summed E-state index contributed by atoms with van der Waals surface area (Å²) in [5.41, 5.74) is 1.63. The molecule has 0 spiro atoms. The highest BCUT2D eigenvalue weighted by Crippen LogP contribution is 2.34. The molecule has 1 unspecified atom stereocenters. The summed E-state index contributed by atoms with van der Waals surface area (Å²) in [4.78, 5) is 28.8. The number of hydrogen-bond acceptors (Lipinski definition) is 6. The van der Waals surface area contributed by atoms with E-state index in [4.69, 9.17) is 21.1 Å². The number of rotatable bonds is 5. The van der Waals surface area contributed by atoms with E-state index in [2.05, 4.69) is 22.5 Å². The molecule has 0 saturated carbocycles. The van der Waals surface area contributed by atoms with Gasteiger partial charge in [0.15, 0.2) is 11.5 Å². The predicted molar refractivity (Wildman–Crippen MR) is 118 cm³/mol. The first-order chi connectivity index (χ1) is 15.0. The fourth-order valence-electron chi connectivity index (χ4n) is 3.83.